The number of amides is 1. The molecule has 1 aliphatic heterocycles. The summed E-state index contributed by atoms with van der Waals surface area (Å²) in [5.41, 5.74) is 2.81. The van der Waals surface area contributed by atoms with E-state index in [0.29, 0.717) is 23.1 Å². The van der Waals surface area contributed by atoms with Crippen LogP contribution in [0.1, 0.15) is 31.3 Å². The van der Waals surface area contributed by atoms with Gasteiger partial charge in [0, 0.05) is 18.1 Å². The first-order valence-electron chi connectivity index (χ1n) is 8.97. The number of nitrogens with zero attached hydrogens (tertiary/aromatic N) is 3. The van der Waals surface area contributed by atoms with E-state index in [1.54, 1.807) is 6.92 Å². The van der Waals surface area contributed by atoms with Gasteiger partial charge in [-0.05, 0) is 50.6 Å². The number of aryl methyl sites for hydroxylation is 1. The smallest absolute Gasteiger partial charge is 0.246 e. The molecule has 138 valence electrons. The molecule has 0 saturated heterocycles. The minimum atomic E-state index is -0.324. The fraction of sp³-hybridized carbons (Fsp3) is 0.250. The molecule has 3 N–H and O–H groups in total. The molecule has 0 aliphatic carbocycles. The minimum absolute atomic E-state index is 0.00448. The number of nitrogens with one attached hydrogen (secondary N) is 3. The molecule has 2 unspecified atom stereocenters. The molecular weight excluding hydrogens is 340 g/mol. The van der Waals surface area contributed by atoms with Gasteiger partial charge in [0.05, 0.1) is 6.04 Å². The van der Waals surface area contributed by atoms with Crippen molar-refractivity contribution in [2.45, 2.75) is 32.9 Å². The Hall–Kier alpha value is -3.35. The lowest BCUT2D eigenvalue weighted by atomic mass is 10.1. The van der Waals surface area contributed by atoms with Crippen molar-refractivity contribution in [1.82, 2.24) is 14.5 Å². The molecule has 0 spiro atoms. The molecule has 2 aromatic heterocycles. The topological polar surface area (TPSA) is 83.9 Å². The van der Waals surface area contributed by atoms with Crippen molar-refractivity contribution < 1.29 is 4.79 Å². The Balaban J connectivity index is 1.63. The van der Waals surface area contributed by atoms with Crippen molar-refractivity contribution in [2.75, 3.05) is 16.0 Å². The van der Waals surface area contributed by atoms with E-state index >= 15 is 0 Å². The van der Waals surface area contributed by atoms with E-state index in [1.807, 2.05) is 37.5 Å². The Kier molecular flexibility index (Phi) is 4.27. The number of carbonyl (C=O) groups excluding carboxylic acids is 1. The molecule has 1 amide bonds. The first-order chi connectivity index (χ1) is 13.0. The van der Waals surface area contributed by atoms with Gasteiger partial charge >= 0.3 is 0 Å². The Bertz CT molecular complexity index is 982. The zero-order valence-electron chi connectivity index (χ0n) is 15.5. The summed E-state index contributed by atoms with van der Waals surface area (Å²) in [7, 11) is 0. The van der Waals surface area contributed by atoms with Gasteiger partial charge < -0.3 is 20.5 Å². The maximum atomic E-state index is 12.1. The Morgan fingerprint density at radius 3 is 2.74 bits per heavy atom. The van der Waals surface area contributed by atoms with Crippen LogP contribution in [0.3, 0.4) is 0 Å². The molecule has 1 aromatic carbocycles. The van der Waals surface area contributed by atoms with Crippen LogP contribution in [0.25, 0.3) is 5.69 Å². The number of benzene rings is 1. The summed E-state index contributed by atoms with van der Waals surface area (Å²) >= 11 is 0. The molecule has 3 aromatic rings. The molecule has 0 bridgehead atoms. The van der Waals surface area contributed by atoms with E-state index in [9.17, 15) is 4.79 Å². The van der Waals surface area contributed by atoms with E-state index in [0.717, 1.165) is 11.3 Å². The fourth-order valence-corrected chi connectivity index (χ4v) is 3.15. The molecule has 4 rings (SSSR count). The molecule has 3 heterocycles. The van der Waals surface area contributed by atoms with Crippen molar-refractivity contribution in [3.63, 3.8) is 0 Å². The normalized spacial score (nSPS) is 16.9. The quantitative estimate of drug-likeness (QED) is 0.661. The zero-order valence-corrected chi connectivity index (χ0v) is 15.5. The standard InChI is InChI=1S/C20H22N6O/c1-12(15-7-6-8-16(11-15)26-9-4-5-10-26)21-18-17-19(24-14(3)23-18)22-13(2)20(27)25-17/h4-13H,1-3H3,(H,25,27)(H2,21,22,23,24). The third kappa shape index (κ3) is 3.36. The van der Waals surface area contributed by atoms with Gasteiger partial charge in [0.25, 0.3) is 0 Å². The number of anilines is 3. The Morgan fingerprint density at radius 2 is 1.96 bits per heavy atom. The maximum Gasteiger partial charge on any atom is 0.246 e. The van der Waals surface area contributed by atoms with Crippen molar-refractivity contribution in [1.29, 1.82) is 0 Å². The monoisotopic (exact) mass is 362 g/mol. The summed E-state index contributed by atoms with van der Waals surface area (Å²) in [5.74, 6) is 1.80. The number of hydrogen-bond donors (Lipinski definition) is 3. The van der Waals surface area contributed by atoms with Crippen molar-refractivity contribution in [2.24, 2.45) is 0 Å². The van der Waals surface area contributed by atoms with Crippen LogP contribution in [-0.4, -0.2) is 26.5 Å². The largest absolute Gasteiger partial charge is 0.362 e. The summed E-state index contributed by atoms with van der Waals surface area (Å²) in [5, 5.41) is 9.45. The Labute approximate surface area is 157 Å². The lowest BCUT2D eigenvalue weighted by Crippen LogP contribution is -2.37. The number of carbonyl (C=O) groups is 1. The second kappa shape index (κ2) is 6.75. The highest BCUT2D eigenvalue weighted by molar-refractivity contribution is 6.04. The minimum Gasteiger partial charge on any atom is -0.362 e. The summed E-state index contributed by atoms with van der Waals surface area (Å²) in [4.78, 5) is 21.0. The van der Waals surface area contributed by atoms with Crippen molar-refractivity contribution >= 4 is 23.2 Å². The van der Waals surface area contributed by atoms with Crippen LogP contribution in [0.5, 0.6) is 0 Å². The first-order valence-corrected chi connectivity index (χ1v) is 8.97. The van der Waals surface area contributed by atoms with Gasteiger partial charge in [-0.3, -0.25) is 4.79 Å². The van der Waals surface area contributed by atoms with E-state index in [4.69, 9.17) is 0 Å². The molecule has 27 heavy (non-hydrogen) atoms. The van der Waals surface area contributed by atoms with Crippen LogP contribution in [0.15, 0.2) is 48.8 Å². The van der Waals surface area contributed by atoms with Gasteiger partial charge in [-0.25, -0.2) is 9.97 Å². The van der Waals surface area contributed by atoms with Crippen LogP contribution >= 0.6 is 0 Å². The third-order valence-electron chi connectivity index (χ3n) is 4.64. The zero-order chi connectivity index (χ0) is 19.0. The molecule has 1 aliphatic rings. The number of fused-ring (bicyclic) bond motifs is 1. The summed E-state index contributed by atoms with van der Waals surface area (Å²) in [6.07, 6.45) is 4.04. The highest BCUT2D eigenvalue weighted by atomic mass is 16.2. The third-order valence-corrected chi connectivity index (χ3v) is 4.64. The average Bonchev–Trinajstić information content (AvgIpc) is 3.18. The number of rotatable bonds is 4. The van der Waals surface area contributed by atoms with Crippen LogP contribution in [-0.2, 0) is 4.79 Å². The second-order valence-electron chi connectivity index (χ2n) is 6.75. The summed E-state index contributed by atoms with van der Waals surface area (Å²) in [6.45, 7) is 5.71. The predicted molar refractivity (Wildman–Crippen MR) is 106 cm³/mol. The number of hydrogen-bond acceptors (Lipinski definition) is 5. The lowest BCUT2D eigenvalue weighted by molar-refractivity contribution is -0.116. The highest BCUT2D eigenvalue weighted by Gasteiger charge is 2.26. The van der Waals surface area contributed by atoms with Crippen LogP contribution in [0, 0.1) is 6.92 Å². The number of aromatic nitrogens is 3. The van der Waals surface area contributed by atoms with Gasteiger partial charge in [-0.15, -0.1) is 0 Å². The SMILES string of the molecule is Cc1nc2c(c(NC(C)c3cccc(-n4cccc4)c3)n1)NC(=O)C(C)N2. The van der Waals surface area contributed by atoms with Crippen LogP contribution in [0.2, 0.25) is 0 Å². The van der Waals surface area contributed by atoms with Crippen LogP contribution in [0.4, 0.5) is 17.3 Å². The molecule has 2 atom stereocenters. The molecule has 0 radical (unpaired) electrons. The van der Waals surface area contributed by atoms with Gasteiger partial charge in [0.15, 0.2) is 11.6 Å². The van der Waals surface area contributed by atoms with E-state index in [1.165, 1.54) is 0 Å². The van der Waals surface area contributed by atoms with E-state index < -0.39 is 0 Å². The molecule has 0 fully saturated rings. The van der Waals surface area contributed by atoms with Gasteiger partial charge in [0.2, 0.25) is 5.91 Å². The summed E-state index contributed by atoms with van der Waals surface area (Å²) < 4.78 is 2.07. The lowest BCUT2D eigenvalue weighted by Gasteiger charge is -2.26. The van der Waals surface area contributed by atoms with Crippen molar-refractivity contribution in [3.8, 4) is 5.69 Å². The second-order valence-corrected chi connectivity index (χ2v) is 6.75. The highest BCUT2D eigenvalue weighted by Crippen LogP contribution is 2.33. The Morgan fingerprint density at radius 1 is 1.19 bits per heavy atom. The molecule has 7 nitrogen and oxygen atoms in total. The van der Waals surface area contributed by atoms with Gasteiger partial charge in [0.1, 0.15) is 17.6 Å². The van der Waals surface area contributed by atoms with Crippen LogP contribution < -0.4 is 16.0 Å². The molecule has 0 saturated carbocycles. The van der Waals surface area contributed by atoms with Crippen molar-refractivity contribution in [3.05, 3.63) is 60.2 Å². The predicted octanol–water partition coefficient (Wildman–Crippen LogP) is 3.50. The maximum absolute atomic E-state index is 12.1. The first kappa shape index (κ1) is 17.1. The average molecular weight is 362 g/mol. The fourth-order valence-electron chi connectivity index (χ4n) is 3.15. The molecular formula is C20H22N6O. The van der Waals surface area contributed by atoms with E-state index in [-0.39, 0.29) is 18.0 Å². The van der Waals surface area contributed by atoms with E-state index in [2.05, 4.69) is 55.6 Å². The molecule has 7 heteroatoms. The van der Waals surface area contributed by atoms with Gasteiger partial charge in [-0.1, -0.05) is 12.1 Å². The van der Waals surface area contributed by atoms with Gasteiger partial charge in [-0.2, -0.15) is 0 Å². The summed E-state index contributed by atoms with van der Waals surface area (Å²) in [6, 6.07) is 12.0.